The number of nitrogens with two attached hydrogens (primary N) is 1. The summed E-state index contributed by atoms with van der Waals surface area (Å²) in [5, 5.41) is 1.74. The van der Waals surface area contributed by atoms with E-state index in [9.17, 15) is 17.7 Å². The third kappa shape index (κ3) is 3.35. The Morgan fingerprint density at radius 2 is 2.16 bits per heavy atom. The standard InChI is InChI=1S/C10H10F3N3OS2/c11-10(12,13)19(17)8-3-1-2-7(6-8)16(14)9-15-4-5-18-9/h1-3,6H,4-5,14H2. The normalized spacial score (nSPS) is 17.2. The lowest BCUT2D eigenvalue weighted by atomic mass is 10.3. The van der Waals surface area contributed by atoms with Crippen LogP contribution in [0, 0.1) is 0 Å². The van der Waals surface area contributed by atoms with E-state index < -0.39 is 16.7 Å². The van der Waals surface area contributed by atoms with Crippen molar-refractivity contribution < 1.29 is 17.7 Å². The van der Waals surface area contributed by atoms with Crippen molar-refractivity contribution >= 4 is 33.8 Å². The number of hydrazine groups is 1. The van der Waals surface area contributed by atoms with Gasteiger partial charge in [0.2, 0.25) is 0 Å². The smallest absolute Gasteiger partial charge is 0.578 e. The molecule has 1 unspecified atom stereocenters. The van der Waals surface area contributed by atoms with E-state index in [1.807, 2.05) is 0 Å². The highest BCUT2D eigenvalue weighted by atomic mass is 32.2. The van der Waals surface area contributed by atoms with Crippen molar-refractivity contribution in [3.63, 3.8) is 0 Å². The predicted molar refractivity (Wildman–Crippen MR) is 70.3 cm³/mol. The Kier molecular flexibility index (Phi) is 4.29. The summed E-state index contributed by atoms with van der Waals surface area (Å²) in [5.74, 6) is 6.57. The van der Waals surface area contributed by atoms with Crippen molar-refractivity contribution in [1.29, 1.82) is 0 Å². The molecule has 9 heteroatoms. The van der Waals surface area contributed by atoms with Gasteiger partial charge < -0.3 is 4.55 Å². The highest BCUT2D eigenvalue weighted by Crippen LogP contribution is 2.32. The molecule has 0 bridgehead atoms. The third-order valence-corrected chi connectivity index (χ3v) is 4.37. The molecule has 19 heavy (non-hydrogen) atoms. The molecule has 2 rings (SSSR count). The number of amidine groups is 1. The molecule has 0 saturated heterocycles. The minimum Gasteiger partial charge on any atom is -0.604 e. The van der Waals surface area contributed by atoms with Crippen LogP contribution in [0.3, 0.4) is 0 Å². The Hall–Kier alpha value is -0.900. The second kappa shape index (κ2) is 5.61. The molecule has 1 aliphatic rings. The summed E-state index contributed by atoms with van der Waals surface area (Å²) in [6.45, 7) is 0.627. The topological polar surface area (TPSA) is 64.7 Å². The van der Waals surface area contributed by atoms with E-state index in [1.54, 1.807) is 6.07 Å². The number of thioether (sulfide) groups is 1. The number of hydrogen-bond acceptors (Lipinski definition) is 5. The zero-order chi connectivity index (χ0) is 14.0. The first-order valence-electron chi connectivity index (χ1n) is 5.20. The van der Waals surface area contributed by atoms with Gasteiger partial charge in [0.05, 0.1) is 23.4 Å². The lowest BCUT2D eigenvalue weighted by Gasteiger charge is -2.19. The molecule has 0 aliphatic carbocycles. The second-order valence-electron chi connectivity index (χ2n) is 3.59. The predicted octanol–water partition coefficient (Wildman–Crippen LogP) is 2.10. The van der Waals surface area contributed by atoms with Gasteiger partial charge in [-0.15, -0.1) is 13.2 Å². The van der Waals surface area contributed by atoms with Crippen LogP contribution < -0.4 is 10.9 Å². The summed E-state index contributed by atoms with van der Waals surface area (Å²) in [5.41, 5.74) is -4.46. The van der Waals surface area contributed by atoms with E-state index in [4.69, 9.17) is 5.84 Å². The highest BCUT2D eigenvalue weighted by molar-refractivity contribution is 8.14. The average Bonchev–Trinajstić information content (AvgIpc) is 2.90. The molecule has 2 N–H and O–H groups in total. The lowest BCUT2D eigenvalue weighted by Crippen LogP contribution is -2.35. The van der Waals surface area contributed by atoms with Crippen LogP contribution >= 0.6 is 11.8 Å². The molecule has 0 saturated carbocycles. The van der Waals surface area contributed by atoms with E-state index in [-0.39, 0.29) is 4.90 Å². The number of hydrogen-bond donors (Lipinski definition) is 1. The first-order valence-corrected chi connectivity index (χ1v) is 7.34. The maximum atomic E-state index is 12.4. The number of benzene rings is 1. The van der Waals surface area contributed by atoms with Gasteiger partial charge in [-0.1, -0.05) is 17.8 Å². The van der Waals surface area contributed by atoms with Crippen LogP contribution in [-0.2, 0) is 11.2 Å². The fourth-order valence-corrected chi connectivity index (χ4v) is 2.95. The summed E-state index contributed by atoms with van der Waals surface area (Å²) in [6.07, 6.45) is 0. The third-order valence-electron chi connectivity index (χ3n) is 2.30. The molecule has 0 spiro atoms. The van der Waals surface area contributed by atoms with Crippen LogP contribution in [0.15, 0.2) is 34.2 Å². The van der Waals surface area contributed by atoms with E-state index in [2.05, 4.69) is 4.99 Å². The molecule has 0 fully saturated rings. The van der Waals surface area contributed by atoms with Crippen LogP contribution in [0.1, 0.15) is 0 Å². The molecule has 1 atom stereocenters. The van der Waals surface area contributed by atoms with Gasteiger partial charge in [-0.25, -0.2) is 5.84 Å². The molecule has 0 radical (unpaired) electrons. The van der Waals surface area contributed by atoms with Crippen LogP contribution in [-0.4, -0.2) is 27.5 Å². The van der Waals surface area contributed by atoms with Gasteiger partial charge in [0.1, 0.15) is 0 Å². The number of aliphatic imine (C=N–C) groups is 1. The Balaban J connectivity index is 2.24. The Morgan fingerprint density at radius 1 is 1.42 bits per heavy atom. The van der Waals surface area contributed by atoms with Gasteiger partial charge in [0.15, 0.2) is 10.1 Å². The van der Waals surface area contributed by atoms with Crippen LogP contribution in [0.25, 0.3) is 0 Å². The molecule has 1 heterocycles. The summed E-state index contributed by atoms with van der Waals surface area (Å²) in [7, 11) is 0. The van der Waals surface area contributed by atoms with E-state index in [0.29, 0.717) is 17.4 Å². The molecular weight excluding hydrogens is 299 g/mol. The fraction of sp³-hybridized carbons (Fsp3) is 0.300. The molecule has 0 amide bonds. The maximum absolute atomic E-state index is 12.4. The monoisotopic (exact) mass is 309 g/mol. The van der Waals surface area contributed by atoms with Crippen LogP contribution in [0.5, 0.6) is 0 Å². The zero-order valence-corrected chi connectivity index (χ0v) is 11.2. The van der Waals surface area contributed by atoms with Crippen molar-refractivity contribution in [3.05, 3.63) is 24.3 Å². The van der Waals surface area contributed by atoms with Gasteiger partial charge in [-0.3, -0.25) is 10.0 Å². The Labute approximate surface area is 115 Å². The summed E-state index contributed by atoms with van der Waals surface area (Å²) in [6, 6.07) is 5.24. The first kappa shape index (κ1) is 14.5. The van der Waals surface area contributed by atoms with Gasteiger partial charge >= 0.3 is 5.51 Å². The molecule has 0 aromatic heterocycles. The number of rotatable bonds is 2. The number of halogens is 3. The second-order valence-corrected chi connectivity index (χ2v) is 6.13. The largest absolute Gasteiger partial charge is 0.604 e. The number of anilines is 1. The zero-order valence-electron chi connectivity index (χ0n) is 9.55. The molecule has 104 valence electrons. The van der Waals surface area contributed by atoms with Gasteiger partial charge in [-0.2, -0.15) is 0 Å². The number of nitrogens with zero attached hydrogens (tertiary/aromatic N) is 2. The van der Waals surface area contributed by atoms with Gasteiger partial charge in [-0.05, 0) is 12.1 Å². The highest BCUT2D eigenvalue weighted by Gasteiger charge is 2.46. The van der Waals surface area contributed by atoms with Gasteiger partial charge in [0, 0.05) is 11.8 Å². The average molecular weight is 309 g/mol. The molecule has 1 aromatic rings. The fourth-order valence-electron chi connectivity index (χ4n) is 1.46. The SMILES string of the molecule is NN(C1=NCCS1)c1cccc([S+]([O-])C(F)(F)F)c1. The summed E-state index contributed by atoms with van der Waals surface area (Å²) < 4.78 is 48.4. The molecule has 4 nitrogen and oxygen atoms in total. The maximum Gasteiger partial charge on any atom is 0.578 e. The van der Waals surface area contributed by atoms with Crippen molar-refractivity contribution in [2.45, 2.75) is 10.4 Å². The lowest BCUT2D eigenvalue weighted by molar-refractivity contribution is -0.0435. The van der Waals surface area contributed by atoms with E-state index in [1.165, 1.54) is 22.8 Å². The Morgan fingerprint density at radius 3 is 2.74 bits per heavy atom. The van der Waals surface area contributed by atoms with Crippen molar-refractivity contribution in [3.8, 4) is 0 Å². The van der Waals surface area contributed by atoms with E-state index in [0.717, 1.165) is 17.9 Å². The van der Waals surface area contributed by atoms with Crippen LogP contribution in [0.4, 0.5) is 18.9 Å². The van der Waals surface area contributed by atoms with Crippen LogP contribution in [0.2, 0.25) is 0 Å². The van der Waals surface area contributed by atoms with Gasteiger partial charge in [0.25, 0.3) is 0 Å². The minimum atomic E-state index is -4.78. The molecule has 1 aromatic carbocycles. The minimum absolute atomic E-state index is 0.322. The van der Waals surface area contributed by atoms with Crippen molar-refractivity contribution in [1.82, 2.24) is 0 Å². The molecule has 1 aliphatic heterocycles. The van der Waals surface area contributed by atoms with Crippen molar-refractivity contribution in [2.75, 3.05) is 17.3 Å². The first-order chi connectivity index (χ1) is 8.89. The molecular formula is C10H10F3N3OS2. The number of alkyl halides is 3. The summed E-state index contributed by atoms with van der Waals surface area (Å²) >= 11 is -1.64. The quantitative estimate of drug-likeness (QED) is 0.516. The summed E-state index contributed by atoms with van der Waals surface area (Å²) in [4.78, 5) is 3.79. The Bertz CT molecular complexity index is 495. The van der Waals surface area contributed by atoms with Crippen molar-refractivity contribution in [2.24, 2.45) is 10.8 Å². The van der Waals surface area contributed by atoms with E-state index >= 15 is 0 Å².